The molecule has 0 bridgehead atoms. The molecule has 0 aromatic heterocycles. The summed E-state index contributed by atoms with van der Waals surface area (Å²) in [5, 5.41) is 0. The first-order valence-corrected chi connectivity index (χ1v) is 8.37. The molecule has 22 heavy (non-hydrogen) atoms. The van der Waals surface area contributed by atoms with Crippen molar-refractivity contribution in [3.05, 3.63) is 0 Å². The molecule has 1 aliphatic heterocycles. The van der Waals surface area contributed by atoms with Gasteiger partial charge in [-0.3, -0.25) is 9.59 Å². The number of amides is 2. The van der Waals surface area contributed by atoms with E-state index in [1.165, 1.54) is 32.1 Å². The lowest BCUT2D eigenvalue weighted by Crippen LogP contribution is -2.51. The van der Waals surface area contributed by atoms with Crippen LogP contribution in [0.25, 0.3) is 0 Å². The smallest absolute Gasteiger partial charge is 0.224 e. The van der Waals surface area contributed by atoms with E-state index in [-0.39, 0.29) is 30.3 Å². The fraction of sp³-hybridized carbons (Fsp3) is 0.875. The molecular weight excluding hydrogens is 302 g/mol. The molecule has 2 N–H and O–H groups in total. The van der Waals surface area contributed by atoms with Gasteiger partial charge < -0.3 is 15.5 Å². The molecule has 2 aliphatic rings. The number of carbonyl (C=O) groups is 2. The lowest BCUT2D eigenvalue weighted by Gasteiger charge is -2.36. The predicted octanol–water partition coefficient (Wildman–Crippen LogP) is 1.79. The predicted molar refractivity (Wildman–Crippen MR) is 89.9 cm³/mol. The Bertz CT molecular complexity index is 362. The maximum absolute atomic E-state index is 12.3. The Labute approximate surface area is 140 Å². The van der Waals surface area contributed by atoms with E-state index in [0.29, 0.717) is 44.9 Å². The van der Waals surface area contributed by atoms with Gasteiger partial charge in [-0.25, -0.2) is 0 Å². The average Bonchev–Trinajstić information content (AvgIpc) is 2.47. The third kappa shape index (κ3) is 5.76. The third-order valence-corrected chi connectivity index (χ3v) is 4.67. The molecule has 2 fully saturated rings. The molecule has 1 saturated carbocycles. The van der Waals surface area contributed by atoms with Crippen LogP contribution in [-0.4, -0.2) is 53.8 Å². The van der Waals surface area contributed by atoms with Crippen molar-refractivity contribution in [2.24, 2.45) is 11.7 Å². The van der Waals surface area contributed by atoms with Crippen LogP contribution in [0.15, 0.2) is 0 Å². The lowest BCUT2D eigenvalue weighted by molar-refractivity contribution is -0.140. The highest BCUT2D eigenvalue weighted by atomic mass is 35.5. The first kappa shape index (κ1) is 19.2. The summed E-state index contributed by atoms with van der Waals surface area (Å²) in [4.78, 5) is 28.0. The minimum absolute atomic E-state index is 0. The van der Waals surface area contributed by atoms with E-state index < -0.39 is 0 Å². The minimum atomic E-state index is -0.0940. The largest absolute Gasteiger partial charge is 0.339 e. The second-order valence-electron chi connectivity index (χ2n) is 6.65. The van der Waals surface area contributed by atoms with Gasteiger partial charge in [-0.1, -0.05) is 19.3 Å². The molecule has 6 heteroatoms. The molecule has 1 heterocycles. The zero-order valence-electron chi connectivity index (χ0n) is 13.6. The van der Waals surface area contributed by atoms with E-state index in [1.54, 1.807) is 0 Å². The van der Waals surface area contributed by atoms with Crippen LogP contribution >= 0.6 is 12.4 Å². The standard InChI is InChI=1S/C16H29N3O2.ClH/c1-13(17)11-15(20)18-7-9-19(10-8-18)16(21)12-14-5-3-2-4-6-14;/h13-14H,2-12,17H2,1H3;1H. The average molecular weight is 332 g/mol. The summed E-state index contributed by atoms with van der Waals surface area (Å²) >= 11 is 0. The SMILES string of the molecule is CC(N)CC(=O)N1CCN(C(=O)CC2CCCCC2)CC1.Cl. The molecule has 2 amide bonds. The monoisotopic (exact) mass is 331 g/mol. The Kier molecular flexibility index (Phi) is 8.18. The van der Waals surface area contributed by atoms with E-state index in [2.05, 4.69) is 0 Å². The van der Waals surface area contributed by atoms with Gasteiger partial charge >= 0.3 is 0 Å². The summed E-state index contributed by atoms with van der Waals surface area (Å²) in [6.07, 6.45) is 7.39. The van der Waals surface area contributed by atoms with Crippen molar-refractivity contribution >= 4 is 24.2 Å². The van der Waals surface area contributed by atoms with Gasteiger partial charge in [0, 0.05) is 45.1 Å². The van der Waals surface area contributed by atoms with Crippen molar-refractivity contribution in [3.63, 3.8) is 0 Å². The number of piperazine rings is 1. The van der Waals surface area contributed by atoms with Crippen LogP contribution in [0.4, 0.5) is 0 Å². The van der Waals surface area contributed by atoms with Crippen LogP contribution in [0.3, 0.4) is 0 Å². The zero-order chi connectivity index (χ0) is 15.2. The van der Waals surface area contributed by atoms with Crippen molar-refractivity contribution in [3.8, 4) is 0 Å². The van der Waals surface area contributed by atoms with Gasteiger partial charge in [0.05, 0.1) is 0 Å². The third-order valence-electron chi connectivity index (χ3n) is 4.67. The molecule has 1 atom stereocenters. The molecule has 0 aromatic carbocycles. The van der Waals surface area contributed by atoms with Crippen molar-refractivity contribution in [2.75, 3.05) is 26.2 Å². The highest BCUT2D eigenvalue weighted by Gasteiger charge is 2.26. The van der Waals surface area contributed by atoms with Gasteiger partial charge in [0.25, 0.3) is 0 Å². The van der Waals surface area contributed by atoms with E-state index in [9.17, 15) is 9.59 Å². The molecule has 1 aliphatic carbocycles. The number of halogens is 1. The molecule has 0 aromatic rings. The fourth-order valence-corrected chi connectivity index (χ4v) is 3.38. The van der Waals surface area contributed by atoms with Crippen molar-refractivity contribution < 1.29 is 9.59 Å². The number of hydrogen-bond acceptors (Lipinski definition) is 3. The van der Waals surface area contributed by atoms with Crippen molar-refractivity contribution in [2.45, 2.75) is 57.9 Å². The molecule has 1 unspecified atom stereocenters. The molecule has 0 spiro atoms. The van der Waals surface area contributed by atoms with Crippen LogP contribution in [0.1, 0.15) is 51.9 Å². The van der Waals surface area contributed by atoms with Crippen molar-refractivity contribution in [1.29, 1.82) is 0 Å². The maximum atomic E-state index is 12.3. The van der Waals surface area contributed by atoms with E-state index in [4.69, 9.17) is 5.73 Å². The molecule has 2 rings (SSSR count). The van der Waals surface area contributed by atoms with Crippen LogP contribution in [-0.2, 0) is 9.59 Å². The fourth-order valence-electron chi connectivity index (χ4n) is 3.38. The summed E-state index contributed by atoms with van der Waals surface area (Å²) < 4.78 is 0. The Hall–Kier alpha value is -0.810. The van der Waals surface area contributed by atoms with Crippen LogP contribution in [0, 0.1) is 5.92 Å². The minimum Gasteiger partial charge on any atom is -0.339 e. The van der Waals surface area contributed by atoms with E-state index >= 15 is 0 Å². The number of nitrogens with zero attached hydrogens (tertiary/aromatic N) is 2. The Morgan fingerprint density at radius 1 is 1.00 bits per heavy atom. The molecule has 5 nitrogen and oxygen atoms in total. The van der Waals surface area contributed by atoms with Crippen LogP contribution < -0.4 is 5.73 Å². The number of rotatable bonds is 4. The quantitative estimate of drug-likeness (QED) is 0.854. The van der Waals surface area contributed by atoms with Crippen LogP contribution in [0.2, 0.25) is 0 Å². The summed E-state index contributed by atoms with van der Waals surface area (Å²) in [7, 11) is 0. The van der Waals surface area contributed by atoms with E-state index in [1.807, 2.05) is 16.7 Å². The lowest BCUT2D eigenvalue weighted by atomic mass is 9.86. The van der Waals surface area contributed by atoms with Gasteiger partial charge in [0.1, 0.15) is 0 Å². The van der Waals surface area contributed by atoms with Gasteiger partial charge in [0.15, 0.2) is 0 Å². The van der Waals surface area contributed by atoms with E-state index in [0.717, 1.165) is 0 Å². The van der Waals surface area contributed by atoms with Gasteiger partial charge in [0.2, 0.25) is 11.8 Å². The Balaban J connectivity index is 0.00000242. The molecule has 0 radical (unpaired) electrons. The summed E-state index contributed by atoms with van der Waals surface area (Å²) in [6.45, 7) is 4.51. The number of hydrogen-bond donors (Lipinski definition) is 1. The molecular formula is C16H30ClN3O2. The van der Waals surface area contributed by atoms with Crippen LogP contribution in [0.5, 0.6) is 0 Å². The maximum Gasteiger partial charge on any atom is 0.224 e. The normalized spacial score (nSPS) is 21.2. The summed E-state index contributed by atoms with van der Waals surface area (Å²) in [5.74, 6) is 0.981. The Morgan fingerprint density at radius 2 is 1.50 bits per heavy atom. The van der Waals surface area contributed by atoms with Crippen molar-refractivity contribution in [1.82, 2.24) is 9.80 Å². The second-order valence-corrected chi connectivity index (χ2v) is 6.65. The highest BCUT2D eigenvalue weighted by molar-refractivity contribution is 5.85. The zero-order valence-corrected chi connectivity index (χ0v) is 14.4. The Morgan fingerprint density at radius 3 is 2.00 bits per heavy atom. The molecule has 128 valence electrons. The topological polar surface area (TPSA) is 66.6 Å². The first-order chi connectivity index (χ1) is 10.1. The summed E-state index contributed by atoms with van der Waals surface area (Å²) in [6, 6.07) is -0.0940. The van der Waals surface area contributed by atoms with Gasteiger partial charge in [-0.05, 0) is 25.7 Å². The van der Waals surface area contributed by atoms with Gasteiger partial charge in [-0.15, -0.1) is 12.4 Å². The second kappa shape index (κ2) is 9.36. The summed E-state index contributed by atoms with van der Waals surface area (Å²) in [5.41, 5.74) is 5.67. The van der Waals surface area contributed by atoms with Gasteiger partial charge in [-0.2, -0.15) is 0 Å². The first-order valence-electron chi connectivity index (χ1n) is 8.37. The number of nitrogens with two attached hydrogens (primary N) is 1. The highest BCUT2D eigenvalue weighted by Crippen LogP contribution is 2.27. The molecule has 1 saturated heterocycles. The number of carbonyl (C=O) groups excluding carboxylic acids is 2.